The molecular formula is C16H24N2O4. The van der Waals surface area contributed by atoms with Crippen molar-refractivity contribution in [1.82, 2.24) is 10.2 Å². The molecule has 0 aliphatic carbocycles. The number of carbonyl (C=O) groups is 1. The van der Waals surface area contributed by atoms with Crippen LogP contribution in [0.4, 0.5) is 0 Å². The van der Waals surface area contributed by atoms with Crippen LogP contribution < -0.4 is 14.8 Å². The Morgan fingerprint density at radius 2 is 2.18 bits per heavy atom. The fourth-order valence-corrected chi connectivity index (χ4v) is 2.98. The number of likely N-dealkylation sites (N-methyl/N-ethyl adjacent to an activating group) is 1. The van der Waals surface area contributed by atoms with Crippen LogP contribution in [-0.4, -0.2) is 55.8 Å². The number of benzene rings is 1. The lowest BCUT2D eigenvalue weighted by Crippen LogP contribution is -2.40. The molecule has 0 spiro atoms. The molecule has 2 rings (SSSR count). The predicted molar refractivity (Wildman–Crippen MR) is 83.8 cm³/mol. The van der Waals surface area contributed by atoms with Gasteiger partial charge in [-0.05, 0) is 38.1 Å². The number of hydrogen-bond donors (Lipinski definition) is 2. The monoisotopic (exact) mass is 308 g/mol. The Balaban J connectivity index is 2.12. The van der Waals surface area contributed by atoms with Gasteiger partial charge in [0, 0.05) is 12.6 Å². The van der Waals surface area contributed by atoms with Crippen LogP contribution in [0.1, 0.15) is 30.1 Å². The highest BCUT2D eigenvalue weighted by molar-refractivity contribution is 6.00. The van der Waals surface area contributed by atoms with Gasteiger partial charge in [0.15, 0.2) is 11.5 Å². The Labute approximate surface area is 131 Å². The molecule has 0 unspecified atom stereocenters. The zero-order valence-electron chi connectivity index (χ0n) is 13.4. The van der Waals surface area contributed by atoms with E-state index in [4.69, 9.17) is 9.47 Å². The first-order chi connectivity index (χ1) is 10.6. The Morgan fingerprint density at radius 3 is 2.82 bits per heavy atom. The summed E-state index contributed by atoms with van der Waals surface area (Å²) < 4.78 is 10.4. The van der Waals surface area contributed by atoms with Crippen LogP contribution in [0.2, 0.25) is 0 Å². The topological polar surface area (TPSA) is 71.0 Å². The lowest BCUT2D eigenvalue weighted by atomic mass is 10.1. The summed E-state index contributed by atoms with van der Waals surface area (Å²) in [4.78, 5) is 14.8. The molecule has 1 atom stereocenters. The standard InChI is InChI=1S/C16H24N2O4/c1-4-18-9-5-6-11(18)10-17-16(20)14-12(19)7-8-13(21-2)15(14)22-3/h7-8,11,19H,4-6,9-10H2,1-3H3,(H,17,20)/t11-/m0/s1. The van der Waals surface area contributed by atoms with Crippen molar-refractivity contribution in [3.8, 4) is 17.2 Å². The molecule has 1 heterocycles. The van der Waals surface area contributed by atoms with Gasteiger partial charge in [-0.3, -0.25) is 9.69 Å². The first-order valence-corrected chi connectivity index (χ1v) is 7.58. The number of nitrogens with zero attached hydrogens (tertiary/aromatic N) is 1. The number of likely N-dealkylation sites (tertiary alicyclic amines) is 1. The van der Waals surface area contributed by atoms with E-state index in [0.29, 0.717) is 18.3 Å². The van der Waals surface area contributed by atoms with Crippen LogP contribution in [0.5, 0.6) is 17.2 Å². The summed E-state index contributed by atoms with van der Waals surface area (Å²) in [6.45, 7) is 4.74. The van der Waals surface area contributed by atoms with E-state index in [2.05, 4.69) is 17.1 Å². The second-order valence-corrected chi connectivity index (χ2v) is 5.33. The molecule has 6 nitrogen and oxygen atoms in total. The third kappa shape index (κ3) is 3.27. The van der Waals surface area contributed by atoms with E-state index in [1.54, 1.807) is 6.07 Å². The predicted octanol–water partition coefficient (Wildman–Crippen LogP) is 1.62. The van der Waals surface area contributed by atoms with Crippen LogP contribution in [0, 0.1) is 0 Å². The Kier molecular flexibility index (Phi) is 5.49. The molecule has 1 aromatic carbocycles. The van der Waals surface area contributed by atoms with Gasteiger partial charge in [0.2, 0.25) is 0 Å². The molecule has 122 valence electrons. The lowest BCUT2D eigenvalue weighted by molar-refractivity contribution is 0.0934. The van der Waals surface area contributed by atoms with Crippen molar-refractivity contribution in [2.75, 3.05) is 33.9 Å². The van der Waals surface area contributed by atoms with Gasteiger partial charge in [0.05, 0.1) is 14.2 Å². The highest BCUT2D eigenvalue weighted by atomic mass is 16.5. The number of carbonyl (C=O) groups excluding carboxylic acids is 1. The van der Waals surface area contributed by atoms with E-state index in [9.17, 15) is 9.90 Å². The van der Waals surface area contributed by atoms with Gasteiger partial charge in [0.25, 0.3) is 5.91 Å². The quantitative estimate of drug-likeness (QED) is 0.836. The summed E-state index contributed by atoms with van der Waals surface area (Å²) in [5, 5.41) is 12.9. The molecule has 0 radical (unpaired) electrons. The minimum absolute atomic E-state index is 0.114. The van der Waals surface area contributed by atoms with Gasteiger partial charge < -0.3 is 19.9 Å². The van der Waals surface area contributed by atoms with Crippen molar-refractivity contribution in [1.29, 1.82) is 0 Å². The van der Waals surface area contributed by atoms with E-state index in [0.717, 1.165) is 25.9 Å². The summed E-state index contributed by atoms with van der Waals surface area (Å²) in [5.41, 5.74) is 0.114. The van der Waals surface area contributed by atoms with Crippen LogP contribution in [0.25, 0.3) is 0 Å². The Hall–Kier alpha value is -1.95. The van der Waals surface area contributed by atoms with Crippen LogP contribution >= 0.6 is 0 Å². The summed E-state index contributed by atoms with van der Waals surface area (Å²) in [6, 6.07) is 3.36. The first-order valence-electron chi connectivity index (χ1n) is 7.58. The second kappa shape index (κ2) is 7.35. The molecule has 22 heavy (non-hydrogen) atoms. The van der Waals surface area contributed by atoms with Crippen molar-refractivity contribution >= 4 is 5.91 Å². The largest absolute Gasteiger partial charge is 0.507 e. The average Bonchev–Trinajstić information content (AvgIpc) is 2.99. The number of ether oxygens (including phenoxy) is 2. The van der Waals surface area contributed by atoms with Gasteiger partial charge in [-0.25, -0.2) is 0 Å². The molecule has 6 heteroatoms. The van der Waals surface area contributed by atoms with Crippen LogP contribution in [-0.2, 0) is 0 Å². The van der Waals surface area contributed by atoms with Crippen molar-refractivity contribution in [3.63, 3.8) is 0 Å². The molecule has 1 aliphatic heterocycles. The molecule has 1 saturated heterocycles. The molecule has 1 aliphatic rings. The molecule has 1 amide bonds. The summed E-state index contributed by atoms with van der Waals surface area (Å²) in [7, 11) is 2.94. The van der Waals surface area contributed by atoms with Crippen molar-refractivity contribution in [2.45, 2.75) is 25.8 Å². The van der Waals surface area contributed by atoms with Crippen molar-refractivity contribution < 1.29 is 19.4 Å². The van der Waals surface area contributed by atoms with E-state index in [-0.39, 0.29) is 23.0 Å². The number of rotatable bonds is 6. The normalized spacial score (nSPS) is 18.2. The zero-order chi connectivity index (χ0) is 16.1. The van der Waals surface area contributed by atoms with Crippen LogP contribution in [0.3, 0.4) is 0 Å². The zero-order valence-corrected chi connectivity index (χ0v) is 13.4. The number of hydrogen-bond acceptors (Lipinski definition) is 5. The molecular weight excluding hydrogens is 284 g/mol. The highest BCUT2D eigenvalue weighted by Gasteiger charge is 2.26. The van der Waals surface area contributed by atoms with E-state index in [1.165, 1.54) is 20.3 Å². The number of amides is 1. The number of phenols is 1. The van der Waals surface area contributed by atoms with Gasteiger partial charge >= 0.3 is 0 Å². The molecule has 1 aromatic rings. The Morgan fingerprint density at radius 1 is 1.41 bits per heavy atom. The van der Waals surface area contributed by atoms with E-state index in [1.807, 2.05) is 0 Å². The summed E-state index contributed by atoms with van der Waals surface area (Å²) >= 11 is 0. The molecule has 0 saturated carbocycles. The Bertz CT molecular complexity index is 533. The number of aromatic hydroxyl groups is 1. The molecule has 1 fully saturated rings. The number of methoxy groups -OCH3 is 2. The van der Waals surface area contributed by atoms with E-state index < -0.39 is 0 Å². The second-order valence-electron chi connectivity index (χ2n) is 5.33. The van der Waals surface area contributed by atoms with Crippen molar-refractivity contribution in [3.05, 3.63) is 17.7 Å². The smallest absolute Gasteiger partial charge is 0.259 e. The van der Waals surface area contributed by atoms with Crippen molar-refractivity contribution in [2.24, 2.45) is 0 Å². The van der Waals surface area contributed by atoms with Gasteiger partial charge in [-0.1, -0.05) is 6.92 Å². The maximum absolute atomic E-state index is 12.4. The molecule has 0 aromatic heterocycles. The SMILES string of the molecule is CCN1CCC[C@H]1CNC(=O)c1c(O)ccc(OC)c1OC. The maximum Gasteiger partial charge on any atom is 0.259 e. The van der Waals surface area contributed by atoms with Gasteiger partial charge in [-0.15, -0.1) is 0 Å². The highest BCUT2D eigenvalue weighted by Crippen LogP contribution is 2.36. The molecule has 0 bridgehead atoms. The third-order valence-electron chi connectivity index (χ3n) is 4.15. The summed E-state index contributed by atoms with van der Waals surface area (Å²) in [6.07, 6.45) is 2.23. The van der Waals surface area contributed by atoms with E-state index >= 15 is 0 Å². The average molecular weight is 308 g/mol. The van der Waals surface area contributed by atoms with Crippen LogP contribution in [0.15, 0.2) is 12.1 Å². The molecule has 2 N–H and O–H groups in total. The minimum Gasteiger partial charge on any atom is -0.507 e. The summed E-state index contributed by atoms with van der Waals surface area (Å²) in [5.74, 6) is 0.199. The van der Waals surface area contributed by atoms with Gasteiger partial charge in [0.1, 0.15) is 11.3 Å². The fourth-order valence-electron chi connectivity index (χ4n) is 2.98. The minimum atomic E-state index is -0.351. The fraction of sp³-hybridized carbons (Fsp3) is 0.562. The number of nitrogens with one attached hydrogen (secondary N) is 1. The third-order valence-corrected chi connectivity index (χ3v) is 4.15. The number of phenolic OH excluding ortho intramolecular Hbond substituents is 1. The first kappa shape index (κ1) is 16.4. The maximum atomic E-state index is 12.4. The lowest BCUT2D eigenvalue weighted by Gasteiger charge is -2.23. The van der Waals surface area contributed by atoms with Gasteiger partial charge in [-0.2, -0.15) is 0 Å².